The van der Waals surface area contributed by atoms with Crippen molar-refractivity contribution in [3.63, 3.8) is 0 Å². The van der Waals surface area contributed by atoms with Gasteiger partial charge in [-0.1, -0.05) is 18.0 Å². The summed E-state index contributed by atoms with van der Waals surface area (Å²) < 4.78 is 10.7. The first-order chi connectivity index (χ1) is 17.7. The first-order valence-electron chi connectivity index (χ1n) is 13.1. The molecule has 2 aliphatic heterocycles. The summed E-state index contributed by atoms with van der Waals surface area (Å²) in [5, 5.41) is 3.56. The van der Waals surface area contributed by atoms with Gasteiger partial charge in [0.25, 0.3) is 5.91 Å². The first-order valence-corrected chi connectivity index (χ1v) is 13.5. The molecule has 0 saturated carbocycles. The lowest BCUT2D eigenvalue weighted by Crippen LogP contribution is -2.59. The van der Waals surface area contributed by atoms with Gasteiger partial charge in [-0.2, -0.15) is 0 Å². The second-order valence-corrected chi connectivity index (χ2v) is 11.0. The zero-order valence-corrected chi connectivity index (χ0v) is 23.0. The second kappa shape index (κ2) is 11.7. The van der Waals surface area contributed by atoms with E-state index in [9.17, 15) is 9.59 Å². The lowest BCUT2D eigenvalue weighted by Gasteiger charge is -2.47. The predicted octanol–water partition coefficient (Wildman–Crippen LogP) is 5.48. The van der Waals surface area contributed by atoms with Crippen LogP contribution in [-0.4, -0.2) is 67.0 Å². The lowest BCUT2D eigenvalue weighted by molar-refractivity contribution is -0.125. The SMILES string of the molecule is COc1cc(NC(=O)C(C)(C)N(C[C@@H]2CCCN3CCCC[C@H]23)C(=O)c2ccc(Cl)cc2)cc(OC)c1. The van der Waals surface area contributed by atoms with Gasteiger partial charge in [0.1, 0.15) is 17.0 Å². The van der Waals surface area contributed by atoms with E-state index in [2.05, 4.69) is 10.2 Å². The number of methoxy groups -OCH3 is 2. The molecule has 0 aliphatic carbocycles. The highest BCUT2D eigenvalue weighted by atomic mass is 35.5. The Bertz CT molecular complexity index is 1080. The van der Waals surface area contributed by atoms with Gasteiger partial charge in [-0.15, -0.1) is 0 Å². The smallest absolute Gasteiger partial charge is 0.254 e. The van der Waals surface area contributed by atoms with Crippen molar-refractivity contribution in [3.05, 3.63) is 53.1 Å². The molecule has 2 aliphatic rings. The number of anilines is 1. The maximum atomic E-state index is 13.9. The van der Waals surface area contributed by atoms with Crippen molar-refractivity contribution in [2.45, 2.75) is 57.5 Å². The van der Waals surface area contributed by atoms with Gasteiger partial charge in [0.15, 0.2) is 0 Å². The number of hydrogen-bond donors (Lipinski definition) is 1. The number of fused-ring (bicyclic) bond motifs is 1. The van der Waals surface area contributed by atoms with Crippen molar-refractivity contribution in [3.8, 4) is 11.5 Å². The van der Waals surface area contributed by atoms with Crippen LogP contribution in [0.15, 0.2) is 42.5 Å². The Hall–Kier alpha value is -2.77. The van der Waals surface area contributed by atoms with Crippen molar-refractivity contribution in [2.75, 3.05) is 39.2 Å². The van der Waals surface area contributed by atoms with Crippen LogP contribution in [0.2, 0.25) is 5.02 Å². The number of nitrogens with zero attached hydrogens (tertiary/aromatic N) is 2. The van der Waals surface area contributed by atoms with Crippen molar-refractivity contribution < 1.29 is 19.1 Å². The summed E-state index contributed by atoms with van der Waals surface area (Å²) in [4.78, 5) is 32.1. The van der Waals surface area contributed by atoms with Crippen LogP contribution in [0.4, 0.5) is 5.69 Å². The molecule has 2 fully saturated rings. The van der Waals surface area contributed by atoms with Crippen LogP contribution in [0.1, 0.15) is 56.3 Å². The number of halogens is 1. The lowest BCUT2D eigenvalue weighted by atomic mass is 9.82. The first kappa shape index (κ1) is 27.3. The Balaban J connectivity index is 1.63. The van der Waals surface area contributed by atoms with E-state index < -0.39 is 5.54 Å². The maximum absolute atomic E-state index is 13.9. The third-order valence-electron chi connectivity index (χ3n) is 7.82. The van der Waals surface area contributed by atoms with Gasteiger partial charge in [-0.05, 0) is 82.8 Å². The van der Waals surface area contributed by atoms with Crippen LogP contribution < -0.4 is 14.8 Å². The number of piperidine rings is 2. The van der Waals surface area contributed by atoms with Gasteiger partial charge in [0.2, 0.25) is 5.91 Å². The highest BCUT2D eigenvalue weighted by Crippen LogP contribution is 2.34. The molecular weight excluding hydrogens is 490 g/mol. The molecule has 1 N–H and O–H groups in total. The van der Waals surface area contributed by atoms with Gasteiger partial charge in [-0.25, -0.2) is 0 Å². The Labute approximate surface area is 225 Å². The van der Waals surface area contributed by atoms with Gasteiger partial charge >= 0.3 is 0 Å². The van der Waals surface area contributed by atoms with Crippen molar-refractivity contribution in [1.29, 1.82) is 0 Å². The summed E-state index contributed by atoms with van der Waals surface area (Å²) in [6.45, 7) is 6.39. The number of carbonyl (C=O) groups is 2. The van der Waals surface area contributed by atoms with E-state index in [0.717, 1.165) is 32.4 Å². The summed E-state index contributed by atoms with van der Waals surface area (Å²) in [6, 6.07) is 12.6. The van der Waals surface area contributed by atoms with Crippen LogP contribution >= 0.6 is 11.6 Å². The quantitative estimate of drug-likeness (QED) is 0.492. The van der Waals surface area contributed by atoms with Crippen molar-refractivity contribution in [1.82, 2.24) is 9.80 Å². The summed E-state index contributed by atoms with van der Waals surface area (Å²) in [7, 11) is 3.13. The predicted molar refractivity (Wildman–Crippen MR) is 147 cm³/mol. The highest BCUT2D eigenvalue weighted by molar-refractivity contribution is 6.30. The number of ether oxygens (including phenoxy) is 2. The number of amides is 2. The number of benzene rings is 2. The third-order valence-corrected chi connectivity index (χ3v) is 8.07. The number of rotatable bonds is 8. The molecule has 200 valence electrons. The minimum atomic E-state index is -1.12. The van der Waals surface area contributed by atoms with Crippen LogP contribution in [0.25, 0.3) is 0 Å². The molecule has 0 bridgehead atoms. The number of nitrogens with one attached hydrogen (secondary N) is 1. The van der Waals surface area contributed by atoms with Crippen LogP contribution in [0, 0.1) is 5.92 Å². The average molecular weight is 528 g/mol. The van der Waals surface area contributed by atoms with Crippen molar-refractivity contribution in [2.24, 2.45) is 5.92 Å². The van der Waals surface area contributed by atoms with E-state index in [1.54, 1.807) is 61.6 Å². The molecule has 2 aromatic carbocycles. The van der Waals surface area contributed by atoms with E-state index in [1.807, 2.05) is 13.8 Å². The molecule has 2 heterocycles. The summed E-state index contributed by atoms with van der Waals surface area (Å²) in [6.07, 6.45) is 5.75. The van der Waals surface area contributed by atoms with Crippen LogP contribution in [0.5, 0.6) is 11.5 Å². The molecule has 37 heavy (non-hydrogen) atoms. The Morgan fingerprint density at radius 1 is 1.00 bits per heavy atom. The van der Waals surface area contributed by atoms with E-state index in [4.69, 9.17) is 21.1 Å². The molecule has 0 spiro atoms. The van der Waals surface area contributed by atoms with Gasteiger partial charge in [-0.3, -0.25) is 9.59 Å². The Kier molecular flexibility index (Phi) is 8.65. The van der Waals surface area contributed by atoms with E-state index >= 15 is 0 Å². The van der Waals surface area contributed by atoms with E-state index in [0.29, 0.717) is 46.3 Å². The van der Waals surface area contributed by atoms with E-state index in [-0.39, 0.29) is 11.8 Å². The standard InChI is InChI=1S/C29H38ClN3O4/c1-29(2,28(35)31-23-16-24(36-3)18-25(17-23)37-4)33(27(34)20-10-12-22(30)13-11-20)19-21-8-7-15-32-14-6-5-9-26(21)32/h10-13,16-18,21,26H,5-9,14-15,19H2,1-4H3,(H,31,35)/t21-,26+/m0/s1. The highest BCUT2D eigenvalue weighted by Gasteiger charge is 2.42. The molecular formula is C29H38ClN3O4. The molecule has 7 nitrogen and oxygen atoms in total. The van der Waals surface area contributed by atoms with Gasteiger partial charge in [0, 0.05) is 47.1 Å². The molecule has 4 rings (SSSR count). The summed E-state index contributed by atoms with van der Waals surface area (Å²) in [5.74, 6) is 1.01. The fraction of sp³-hybridized carbons (Fsp3) is 0.517. The van der Waals surface area contributed by atoms with E-state index in [1.165, 1.54) is 12.8 Å². The number of hydrogen-bond acceptors (Lipinski definition) is 5. The van der Waals surface area contributed by atoms with Crippen LogP contribution in [0.3, 0.4) is 0 Å². The molecule has 2 saturated heterocycles. The molecule has 2 amide bonds. The third kappa shape index (κ3) is 6.21. The normalized spacial score (nSPS) is 20.0. The summed E-state index contributed by atoms with van der Waals surface area (Å²) in [5.41, 5.74) is -0.0572. The fourth-order valence-electron chi connectivity index (χ4n) is 5.62. The average Bonchev–Trinajstić information content (AvgIpc) is 2.91. The van der Waals surface area contributed by atoms with Gasteiger partial charge in [0.05, 0.1) is 14.2 Å². The number of carbonyl (C=O) groups excluding carboxylic acids is 2. The second-order valence-electron chi connectivity index (χ2n) is 10.5. The molecule has 0 unspecified atom stereocenters. The molecule has 0 aromatic heterocycles. The maximum Gasteiger partial charge on any atom is 0.254 e. The minimum absolute atomic E-state index is 0.173. The minimum Gasteiger partial charge on any atom is -0.497 e. The monoisotopic (exact) mass is 527 g/mol. The zero-order valence-electron chi connectivity index (χ0n) is 22.3. The fourth-order valence-corrected chi connectivity index (χ4v) is 5.75. The largest absolute Gasteiger partial charge is 0.497 e. The Morgan fingerprint density at radius 3 is 2.30 bits per heavy atom. The zero-order chi connectivity index (χ0) is 26.6. The molecule has 0 radical (unpaired) electrons. The molecule has 2 aromatic rings. The molecule has 8 heteroatoms. The topological polar surface area (TPSA) is 71.1 Å². The van der Waals surface area contributed by atoms with Crippen molar-refractivity contribution >= 4 is 29.1 Å². The van der Waals surface area contributed by atoms with Gasteiger partial charge < -0.3 is 24.6 Å². The molecule has 2 atom stereocenters. The Morgan fingerprint density at radius 2 is 1.65 bits per heavy atom. The summed E-state index contributed by atoms with van der Waals surface area (Å²) >= 11 is 6.09. The van der Waals surface area contributed by atoms with Crippen LogP contribution in [-0.2, 0) is 4.79 Å².